The third-order valence-corrected chi connectivity index (χ3v) is 6.59. The van der Waals surface area contributed by atoms with Gasteiger partial charge in [-0.2, -0.15) is 17.5 Å². The van der Waals surface area contributed by atoms with E-state index in [0.29, 0.717) is 11.4 Å². The summed E-state index contributed by atoms with van der Waals surface area (Å²) in [5.41, 5.74) is -1.40. The summed E-state index contributed by atoms with van der Waals surface area (Å²) >= 11 is 5.78. The lowest BCUT2D eigenvalue weighted by atomic mass is 10.1. The smallest absolute Gasteiger partial charge is 0.324 e. The molecular formula is C18H16ClF3N2O3S. The molecule has 3 rings (SSSR count). The molecule has 1 atom stereocenters. The van der Waals surface area contributed by atoms with Crippen molar-refractivity contribution in [2.45, 2.75) is 30.0 Å². The fourth-order valence-electron chi connectivity index (χ4n) is 3.09. The first-order valence-electron chi connectivity index (χ1n) is 8.35. The van der Waals surface area contributed by atoms with Crippen molar-refractivity contribution in [2.24, 2.45) is 0 Å². The van der Waals surface area contributed by atoms with Crippen LogP contribution < -0.4 is 5.32 Å². The molecule has 1 aliphatic heterocycles. The number of alkyl halides is 3. The van der Waals surface area contributed by atoms with Crippen LogP contribution in [0.3, 0.4) is 0 Å². The average molecular weight is 433 g/mol. The van der Waals surface area contributed by atoms with E-state index in [4.69, 9.17) is 11.6 Å². The van der Waals surface area contributed by atoms with Gasteiger partial charge >= 0.3 is 6.18 Å². The van der Waals surface area contributed by atoms with E-state index in [1.54, 1.807) is 0 Å². The van der Waals surface area contributed by atoms with Crippen LogP contribution in [0.5, 0.6) is 0 Å². The standard InChI is InChI=1S/C18H16ClF3N2O3S/c19-12-7-9-13(10-8-12)28(26,27)24-11-3-6-16(24)17(25)23-15-5-2-1-4-14(15)18(20,21)22/h1-2,4-5,7-10,16H,3,6,11H2,(H,23,25). The number of nitrogens with zero attached hydrogens (tertiary/aromatic N) is 1. The second-order valence-electron chi connectivity index (χ2n) is 6.26. The molecule has 0 radical (unpaired) electrons. The maximum Gasteiger partial charge on any atom is 0.418 e. The third kappa shape index (κ3) is 4.16. The molecule has 5 nitrogen and oxygen atoms in total. The van der Waals surface area contributed by atoms with Crippen LogP contribution >= 0.6 is 11.6 Å². The molecule has 2 aromatic carbocycles. The quantitative estimate of drug-likeness (QED) is 0.789. The Bertz CT molecular complexity index is 978. The Hall–Kier alpha value is -2.10. The van der Waals surface area contributed by atoms with Crippen LogP contribution in [0.25, 0.3) is 0 Å². The zero-order valence-corrected chi connectivity index (χ0v) is 16.0. The number of halogens is 4. The molecule has 1 amide bonds. The number of anilines is 1. The van der Waals surface area contributed by atoms with Crippen LogP contribution in [-0.4, -0.2) is 31.2 Å². The number of rotatable bonds is 4. The summed E-state index contributed by atoms with van der Waals surface area (Å²) in [5, 5.41) is 2.60. The molecule has 1 aliphatic rings. The van der Waals surface area contributed by atoms with E-state index < -0.39 is 39.4 Å². The molecule has 1 unspecified atom stereocenters. The van der Waals surface area contributed by atoms with Gasteiger partial charge in [0, 0.05) is 11.6 Å². The van der Waals surface area contributed by atoms with Crippen LogP contribution in [-0.2, 0) is 21.0 Å². The van der Waals surface area contributed by atoms with E-state index >= 15 is 0 Å². The number of benzene rings is 2. The number of carbonyl (C=O) groups excluding carboxylic acids is 1. The minimum atomic E-state index is -4.64. The number of para-hydroxylation sites is 1. The monoisotopic (exact) mass is 432 g/mol. The predicted molar refractivity (Wildman–Crippen MR) is 98.4 cm³/mol. The van der Waals surface area contributed by atoms with E-state index in [9.17, 15) is 26.4 Å². The van der Waals surface area contributed by atoms with Crippen molar-refractivity contribution in [1.82, 2.24) is 4.31 Å². The minimum Gasteiger partial charge on any atom is -0.324 e. The highest BCUT2D eigenvalue weighted by Gasteiger charge is 2.40. The first-order valence-corrected chi connectivity index (χ1v) is 10.2. The van der Waals surface area contributed by atoms with Gasteiger partial charge < -0.3 is 5.32 Å². The van der Waals surface area contributed by atoms with Crippen molar-refractivity contribution in [3.8, 4) is 0 Å². The van der Waals surface area contributed by atoms with Crippen molar-refractivity contribution in [3.63, 3.8) is 0 Å². The summed E-state index contributed by atoms with van der Waals surface area (Å²) in [6, 6.07) is 8.95. The molecule has 2 aromatic rings. The van der Waals surface area contributed by atoms with E-state index in [-0.39, 0.29) is 17.9 Å². The molecule has 0 aliphatic carbocycles. The molecule has 150 valence electrons. The van der Waals surface area contributed by atoms with Crippen molar-refractivity contribution in [3.05, 3.63) is 59.1 Å². The number of carbonyl (C=O) groups is 1. The SMILES string of the molecule is O=C(Nc1ccccc1C(F)(F)F)C1CCCN1S(=O)(=O)c1ccc(Cl)cc1. The van der Waals surface area contributed by atoms with Gasteiger partial charge in [-0.3, -0.25) is 4.79 Å². The lowest BCUT2D eigenvalue weighted by Gasteiger charge is -2.24. The second kappa shape index (κ2) is 7.73. The van der Waals surface area contributed by atoms with Crippen molar-refractivity contribution in [1.29, 1.82) is 0 Å². The van der Waals surface area contributed by atoms with Crippen LogP contribution in [0.2, 0.25) is 5.02 Å². The Kier molecular flexibility index (Phi) is 5.69. The topological polar surface area (TPSA) is 66.5 Å². The molecule has 0 saturated carbocycles. The fourth-order valence-corrected chi connectivity index (χ4v) is 4.87. The fraction of sp³-hybridized carbons (Fsp3) is 0.278. The van der Waals surface area contributed by atoms with Gasteiger partial charge in [-0.05, 0) is 49.2 Å². The Morgan fingerprint density at radius 3 is 2.39 bits per heavy atom. The number of sulfonamides is 1. The van der Waals surface area contributed by atoms with Crippen LogP contribution in [0.4, 0.5) is 18.9 Å². The van der Waals surface area contributed by atoms with Gasteiger partial charge in [-0.25, -0.2) is 8.42 Å². The van der Waals surface area contributed by atoms with Gasteiger partial charge in [0.05, 0.1) is 16.1 Å². The molecule has 10 heteroatoms. The molecule has 1 saturated heterocycles. The minimum absolute atomic E-state index is 0.0349. The zero-order chi connectivity index (χ0) is 20.5. The van der Waals surface area contributed by atoms with Crippen molar-refractivity contribution < 1.29 is 26.4 Å². The van der Waals surface area contributed by atoms with E-state index in [0.717, 1.165) is 16.4 Å². The second-order valence-corrected chi connectivity index (χ2v) is 8.59. The largest absolute Gasteiger partial charge is 0.418 e. The first kappa shape index (κ1) is 20.6. The first-order chi connectivity index (χ1) is 13.1. The predicted octanol–water partition coefficient (Wildman–Crippen LogP) is 4.15. The van der Waals surface area contributed by atoms with E-state index in [1.165, 1.54) is 36.4 Å². The summed E-state index contributed by atoms with van der Waals surface area (Å²) in [6.45, 7) is 0.101. The maximum absolute atomic E-state index is 13.1. The Labute approximate surface area is 165 Å². The molecule has 0 spiro atoms. The summed E-state index contributed by atoms with van der Waals surface area (Å²) in [5.74, 6) is -0.799. The normalized spacial score (nSPS) is 18.2. The molecule has 1 N–H and O–H groups in total. The van der Waals surface area contributed by atoms with Crippen molar-refractivity contribution >= 4 is 33.2 Å². The highest BCUT2D eigenvalue weighted by Crippen LogP contribution is 2.35. The number of hydrogen-bond donors (Lipinski definition) is 1. The highest BCUT2D eigenvalue weighted by molar-refractivity contribution is 7.89. The lowest BCUT2D eigenvalue weighted by molar-refractivity contribution is -0.137. The number of hydrogen-bond acceptors (Lipinski definition) is 3. The highest BCUT2D eigenvalue weighted by atomic mass is 35.5. The van der Waals surface area contributed by atoms with Crippen LogP contribution in [0, 0.1) is 0 Å². The van der Waals surface area contributed by atoms with Gasteiger partial charge in [0.1, 0.15) is 6.04 Å². The van der Waals surface area contributed by atoms with Crippen molar-refractivity contribution in [2.75, 3.05) is 11.9 Å². The third-order valence-electron chi connectivity index (χ3n) is 4.42. The molecular weight excluding hydrogens is 417 g/mol. The van der Waals surface area contributed by atoms with Crippen LogP contribution in [0.1, 0.15) is 18.4 Å². The van der Waals surface area contributed by atoms with Crippen LogP contribution in [0.15, 0.2) is 53.4 Å². The van der Waals surface area contributed by atoms with Gasteiger partial charge in [0.15, 0.2) is 0 Å². The number of nitrogens with one attached hydrogen (secondary N) is 1. The maximum atomic E-state index is 13.1. The summed E-state index contributed by atoms with van der Waals surface area (Å²) in [6.07, 6.45) is -4.01. The molecule has 1 fully saturated rings. The number of amides is 1. The summed E-state index contributed by atoms with van der Waals surface area (Å²) in [4.78, 5) is 12.6. The Morgan fingerprint density at radius 1 is 1.11 bits per heavy atom. The van der Waals surface area contributed by atoms with Gasteiger partial charge in [0.2, 0.25) is 15.9 Å². The van der Waals surface area contributed by atoms with E-state index in [1.807, 2.05) is 0 Å². The molecule has 28 heavy (non-hydrogen) atoms. The lowest BCUT2D eigenvalue weighted by Crippen LogP contribution is -2.43. The summed E-state index contributed by atoms with van der Waals surface area (Å²) in [7, 11) is -3.99. The van der Waals surface area contributed by atoms with Gasteiger partial charge in [0.25, 0.3) is 0 Å². The zero-order valence-electron chi connectivity index (χ0n) is 14.4. The Balaban J connectivity index is 1.86. The van der Waals surface area contributed by atoms with E-state index in [2.05, 4.69) is 5.32 Å². The average Bonchev–Trinajstić information content (AvgIpc) is 3.12. The molecule has 0 aromatic heterocycles. The molecule has 1 heterocycles. The molecule has 0 bridgehead atoms. The summed E-state index contributed by atoms with van der Waals surface area (Å²) < 4.78 is 66.1. The van der Waals surface area contributed by atoms with Gasteiger partial charge in [-0.1, -0.05) is 23.7 Å². The Morgan fingerprint density at radius 2 is 1.75 bits per heavy atom. The van der Waals surface area contributed by atoms with Gasteiger partial charge in [-0.15, -0.1) is 0 Å².